The van der Waals surface area contributed by atoms with Gasteiger partial charge >= 0.3 is 5.63 Å². The molecule has 7 heteroatoms. The van der Waals surface area contributed by atoms with Crippen LogP contribution in [0.1, 0.15) is 18.6 Å². The first-order valence-corrected chi connectivity index (χ1v) is 7.27. The smallest absolute Gasteiger partial charge is 0.347 e. The zero-order valence-corrected chi connectivity index (χ0v) is 12.6. The van der Waals surface area contributed by atoms with Gasteiger partial charge in [-0.05, 0) is 18.9 Å². The Hall–Kier alpha value is -2.83. The summed E-state index contributed by atoms with van der Waals surface area (Å²) in [5.41, 5.74) is 0.183. The van der Waals surface area contributed by atoms with Crippen molar-refractivity contribution in [3.8, 4) is 11.5 Å². The maximum absolute atomic E-state index is 12.2. The van der Waals surface area contributed by atoms with Gasteiger partial charge in [-0.1, -0.05) is 0 Å². The molecule has 0 amide bonds. The second-order valence-electron chi connectivity index (χ2n) is 5.20. The topological polar surface area (TPSA) is 109 Å². The highest BCUT2D eigenvalue weighted by atomic mass is 16.4. The molecule has 0 saturated heterocycles. The monoisotopic (exact) mass is 316 g/mol. The van der Waals surface area contributed by atoms with Crippen LogP contribution in [-0.2, 0) is 6.42 Å². The standard InChI is InChI=1S/C16H16N2O5/c1-17-18-5-3-2-4-9-6-14-15(16(21)22-9)10-7-11(19)12(20)8-13(10)23-14/h6-8,19-20H,2-5H2,1H3. The van der Waals surface area contributed by atoms with Gasteiger partial charge in [0.2, 0.25) is 0 Å². The maximum Gasteiger partial charge on any atom is 0.347 e. The van der Waals surface area contributed by atoms with E-state index in [1.807, 2.05) is 0 Å². The predicted molar refractivity (Wildman–Crippen MR) is 84.2 cm³/mol. The fraction of sp³-hybridized carbons (Fsp3) is 0.312. The van der Waals surface area contributed by atoms with Gasteiger partial charge in [0.25, 0.3) is 0 Å². The van der Waals surface area contributed by atoms with Crippen LogP contribution < -0.4 is 5.63 Å². The van der Waals surface area contributed by atoms with E-state index in [2.05, 4.69) is 10.2 Å². The van der Waals surface area contributed by atoms with Crippen LogP contribution in [-0.4, -0.2) is 23.8 Å². The molecule has 7 nitrogen and oxygen atoms in total. The van der Waals surface area contributed by atoms with Crippen molar-refractivity contribution in [2.24, 2.45) is 10.2 Å². The largest absolute Gasteiger partial charge is 0.504 e. The average Bonchev–Trinajstić information content (AvgIpc) is 2.85. The first kappa shape index (κ1) is 15.1. The summed E-state index contributed by atoms with van der Waals surface area (Å²) in [6.07, 6.45) is 2.26. The number of phenols is 2. The molecule has 0 saturated carbocycles. The third-order valence-corrected chi connectivity index (χ3v) is 3.61. The molecule has 2 aromatic heterocycles. The van der Waals surface area contributed by atoms with Gasteiger partial charge in [-0.3, -0.25) is 0 Å². The van der Waals surface area contributed by atoms with Gasteiger partial charge in [0.05, 0.1) is 6.54 Å². The van der Waals surface area contributed by atoms with Gasteiger partial charge in [0, 0.05) is 31.0 Å². The van der Waals surface area contributed by atoms with Crippen LogP contribution in [0.25, 0.3) is 21.9 Å². The zero-order valence-electron chi connectivity index (χ0n) is 12.6. The first-order valence-electron chi connectivity index (χ1n) is 7.27. The van der Waals surface area contributed by atoms with Gasteiger partial charge in [0.15, 0.2) is 11.5 Å². The van der Waals surface area contributed by atoms with Crippen molar-refractivity contribution in [2.45, 2.75) is 19.3 Å². The first-order chi connectivity index (χ1) is 11.1. The van der Waals surface area contributed by atoms with E-state index in [0.29, 0.717) is 35.3 Å². The molecule has 0 radical (unpaired) electrons. The molecule has 2 heterocycles. The summed E-state index contributed by atoms with van der Waals surface area (Å²) in [4.78, 5) is 12.2. The third-order valence-electron chi connectivity index (χ3n) is 3.61. The molecular weight excluding hydrogens is 300 g/mol. The number of rotatable bonds is 5. The number of aryl methyl sites for hydroxylation is 1. The van der Waals surface area contributed by atoms with E-state index >= 15 is 0 Å². The van der Waals surface area contributed by atoms with E-state index in [1.165, 1.54) is 12.1 Å². The Kier molecular flexibility index (Phi) is 4.01. The van der Waals surface area contributed by atoms with Crippen LogP contribution in [0.5, 0.6) is 11.5 Å². The highest BCUT2D eigenvalue weighted by Gasteiger charge is 2.16. The Bertz CT molecular complexity index is 939. The Morgan fingerprint density at radius 1 is 1.04 bits per heavy atom. The summed E-state index contributed by atoms with van der Waals surface area (Å²) in [6.45, 7) is 0.645. The van der Waals surface area contributed by atoms with Gasteiger partial charge in [-0.15, -0.1) is 0 Å². The molecule has 0 aliphatic rings. The summed E-state index contributed by atoms with van der Waals surface area (Å²) < 4.78 is 10.9. The second-order valence-corrected chi connectivity index (χ2v) is 5.20. The highest BCUT2D eigenvalue weighted by molar-refractivity contribution is 6.05. The Morgan fingerprint density at radius 3 is 2.61 bits per heavy atom. The van der Waals surface area contributed by atoms with E-state index in [9.17, 15) is 15.0 Å². The number of hydrogen-bond acceptors (Lipinski definition) is 7. The second kappa shape index (κ2) is 6.12. The minimum absolute atomic E-state index is 0.263. The van der Waals surface area contributed by atoms with Crippen LogP contribution in [0, 0.1) is 0 Å². The van der Waals surface area contributed by atoms with E-state index in [4.69, 9.17) is 8.83 Å². The van der Waals surface area contributed by atoms with E-state index in [0.717, 1.165) is 12.8 Å². The number of aromatic hydroxyl groups is 2. The van der Waals surface area contributed by atoms with Gasteiger partial charge in [0.1, 0.15) is 22.3 Å². The molecule has 0 aliphatic heterocycles. The molecular formula is C16H16N2O5. The number of nitrogens with zero attached hydrogens (tertiary/aromatic N) is 2. The minimum atomic E-state index is -0.519. The van der Waals surface area contributed by atoms with Crippen LogP contribution in [0.4, 0.5) is 0 Å². The zero-order chi connectivity index (χ0) is 16.4. The number of fused-ring (bicyclic) bond motifs is 3. The predicted octanol–water partition coefficient (Wildman–Crippen LogP) is 3.36. The Balaban J connectivity index is 1.95. The molecule has 2 N–H and O–H groups in total. The fourth-order valence-electron chi connectivity index (χ4n) is 2.50. The lowest BCUT2D eigenvalue weighted by atomic mass is 10.1. The molecule has 3 aromatic rings. The van der Waals surface area contributed by atoms with Crippen molar-refractivity contribution in [1.29, 1.82) is 0 Å². The lowest BCUT2D eigenvalue weighted by molar-refractivity contribution is 0.404. The average molecular weight is 316 g/mol. The van der Waals surface area contributed by atoms with Crippen LogP contribution in [0.3, 0.4) is 0 Å². The molecule has 0 atom stereocenters. The third kappa shape index (κ3) is 2.90. The van der Waals surface area contributed by atoms with Crippen LogP contribution in [0.2, 0.25) is 0 Å². The number of benzene rings is 1. The molecule has 0 spiro atoms. The van der Waals surface area contributed by atoms with E-state index in [-0.39, 0.29) is 16.9 Å². The summed E-state index contributed by atoms with van der Waals surface area (Å²) >= 11 is 0. The Morgan fingerprint density at radius 2 is 1.83 bits per heavy atom. The number of hydrogen-bond donors (Lipinski definition) is 2. The number of unbranched alkanes of at least 4 members (excludes halogenated alkanes) is 1. The molecule has 0 unspecified atom stereocenters. The SMILES string of the molecule is CN=NCCCCc1cc2oc3cc(O)c(O)cc3c2c(=O)o1. The summed E-state index contributed by atoms with van der Waals surface area (Å²) in [7, 11) is 1.63. The molecule has 0 bridgehead atoms. The normalized spacial score (nSPS) is 11.9. The quantitative estimate of drug-likeness (QED) is 0.426. The van der Waals surface area contributed by atoms with Crippen molar-refractivity contribution in [1.82, 2.24) is 0 Å². The van der Waals surface area contributed by atoms with Crippen molar-refractivity contribution >= 4 is 21.9 Å². The number of furan rings is 1. The highest BCUT2D eigenvalue weighted by Crippen LogP contribution is 2.35. The van der Waals surface area contributed by atoms with Crippen molar-refractivity contribution in [3.63, 3.8) is 0 Å². The summed E-state index contributed by atoms with van der Waals surface area (Å²) in [5.74, 6) is -0.0801. The van der Waals surface area contributed by atoms with Crippen LogP contribution in [0.15, 0.2) is 42.1 Å². The molecule has 1 aromatic carbocycles. The van der Waals surface area contributed by atoms with E-state index in [1.54, 1.807) is 13.1 Å². The lowest BCUT2D eigenvalue weighted by Crippen LogP contribution is -2.01. The van der Waals surface area contributed by atoms with Crippen molar-refractivity contribution in [3.05, 3.63) is 34.4 Å². The van der Waals surface area contributed by atoms with Gasteiger partial charge < -0.3 is 19.0 Å². The number of azo groups is 1. The molecule has 0 fully saturated rings. The molecule has 23 heavy (non-hydrogen) atoms. The van der Waals surface area contributed by atoms with Gasteiger partial charge in [-0.25, -0.2) is 4.79 Å². The lowest BCUT2D eigenvalue weighted by Gasteiger charge is -1.99. The summed E-state index contributed by atoms with van der Waals surface area (Å²) in [5, 5.41) is 27.3. The van der Waals surface area contributed by atoms with Gasteiger partial charge in [-0.2, -0.15) is 10.2 Å². The molecule has 0 aliphatic carbocycles. The summed E-state index contributed by atoms with van der Waals surface area (Å²) in [6, 6.07) is 4.24. The van der Waals surface area contributed by atoms with Crippen molar-refractivity contribution in [2.75, 3.05) is 13.6 Å². The fourth-order valence-corrected chi connectivity index (χ4v) is 2.50. The van der Waals surface area contributed by atoms with Crippen LogP contribution >= 0.6 is 0 Å². The maximum atomic E-state index is 12.2. The van der Waals surface area contributed by atoms with Crippen molar-refractivity contribution < 1.29 is 19.0 Å². The number of phenolic OH excluding ortho intramolecular Hbond substituents is 2. The minimum Gasteiger partial charge on any atom is -0.504 e. The molecule has 120 valence electrons. The van der Waals surface area contributed by atoms with E-state index < -0.39 is 5.63 Å². The molecule has 3 rings (SSSR count). The Labute approximate surface area is 130 Å².